The molecule has 0 saturated carbocycles. The van der Waals surface area contributed by atoms with Gasteiger partial charge in [0.25, 0.3) is 0 Å². The van der Waals surface area contributed by atoms with Gasteiger partial charge in [0.15, 0.2) is 5.82 Å². The molecule has 4 bridgehead atoms. The highest BCUT2D eigenvalue weighted by atomic mass is 16.5. The maximum absolute atomic E-state index is 6.51. The molecule has 5 rings (SSSR count). The molecule has 1 aliphatic rings. The van der Waals surface area contributed by atoms with Crippen LogP contribution in [0.15, 0.2) is 36.9 Å². The highest BCUT2D eigenvalue weighted by Gasteiger charge is 2.22. The molecule has 1 N–H and O–H groups in total. The number of anilines is 2. The van der Waals surface area contributed by atoms with Crippen molar-refractivity contribution in [1.29, 1.82) is 0 Å². The molecule has 12 heteroatoms. The van der Waals surface area contributed by atoms with Gasteiger partial charge >= 0.3 is 0 Å². The van der Waals surface area contributed by atoms with Crippen LogP contribution in [0.5, 0.6) is 17.5 Å². The Balaban J connectivity index is 1.54. The largest absolute Gasteiger partial charge is 0.490 e. The lowest BCUT2D eigenvalue weighted by Crippen LogP contribution is -2.20. The van der Waals surface area contributed by atoms with Crippen LogP contribution < -0.4 is 19.5 Å². The first kappa shape index (κ1) is 27.4. The van der Waals surface area contributed by atoms with Crippen LogP contribution in [0.25, 0.3) is 22.5 Å². The monoisotopic (exact) mass is 547 g/mol. The lowest BCUT2D eigenvalue weighted by Gasteiger charge is -2.20. The van der Waals surface area contributed by atoms with Crippen molar-refractivity contribution < 1.29 is 14.2 Å². The molecule has 0 aromatic carbocycles. The van der Waals surface area contributed by atoms with Crippen molar-refractivity contribution in [2.24, 2.45) is 13.0 Å². The van der Waals surface area contributed by atoms with E-state index >= 15 is 0 Å². The van der Waals surface area contributed by atoms with Crippen LogP contribution in [0.3, 0.4) is 0 Å². The molecule has 0 unspecified atom stereocenters. The first-order valence-electron chi connectivity index (χ1n) is 13.5. The van der Waals surface area contributed by atoms with E-state index in [0.717, 1.165) is 23.2 Å². The van der Waals surface area contributed by atoms with E-state index < -0.39 is 0 Å². The number of nitrogens with one attached hydrogen (secondary N) is 1. The summed E-state index contributed by atoms with van der Waals surface area (Å²) in [5, 5.41) is 12.3. The molecule has 0 spiro atoms. The van der Waals surface area contributed by atoms with Crippen LogP contribution in [0, 0.1) is 5.92 Å². The lowest BCUT2D eigenvalue weighted by atomic mass is 10.1. The number of fused-ring (bicyclic) bond motifs is 6. The Morgan fingerprint density at radius 1 is 1.10 bits per heavy atom. The first-order valence-corrected chi connectivity index (χ1v) is 13.5. The van der Waals surface area contributed by atoms with E-state index in [1.165, 1.54) is 0 Å². The van der Waals surface area contributed by atoms with Crippen LogP contribution >= 0.6 is 0 Å². The minimum atomic E-state index is -0.147. The summed E-state index contributed by atoms with van der Waals surface area (Å²) in [4.78, 5) is 16.0. The number of hydrogen-bond donors (Lipinski definition) is 1. The van der Waals surface area contributed by atoms with Crippen molar-refractivity contribution in [3.63, 3.8) is 0 Å². The Hall–Kier alpha value is -4.19. The molecular weight excluding hydrogens is 510 g/mol. The molecular formula is C28H37N9O3. The summed E-state index contributed by atoms with van der Waals surface area (Å²) in [6.07, 6.45) is 7.53. The van der Waals surface area contributed by atoms with Gasteiger partial charge in [0, 0.05) is 44.0 Å². The molecule has 4 aromatic heterocycles. The van der Waals surface area contributed by atoms with E-state index in [2.05, 4.69) is 44.2 Å². The highest BCUT2D eigenvalue weighted by molar-refractivity contribution is 5.75. The fourth-order valence-corrected chi connectivity index (χ4v) is 4.25. The predicted molar refractivity (Wildman–Crippen MR) is 152 cm³/mol. The van der Waals surface area contributed by atoms with E-state index in [1.54, 1.807) is 29.3 Å². The zero-order chi connectivity index (χ0) is 28.2. The van der Waals surface area contributed by atoms with E-state index in [4.69, 9.17) is 19.2 Å². The van der Waals surface area contributed by atoms with Gasteiger partial charge < -0.3 is 24.4 Å². The Kier molecular flexibility index (Phi) is 8.15. The zero-order valence-corrected chi connectivity index (χ0v) is 24.0. The van der Waals surface area contributed by atoms with Crippen molar-refractivity contribution in [3.05, 3.63) is 36.9 Å². The van der Waals surface area contributed by atoms with Gasteiger partial charge in [0.2, 0.25) is 11.8 Å². The summed E-state index contributed by atoms with van der Waals surface area (Å²) in [5.41, 5.74) is 2.36. The lowest BCUT2D eigenvalue weighted by molar-refractivity contribution is 0.173. The molecule has 0 aliphatic carbocycles. The van der Waals surface area contributed by atoms with Crippen molar-refractivity contribution in [2.45, 2.75) is 39.8 Å². The predicted octanol–water partition coefficient (Wildman–Crippen LogP) is 4.03. The summed E-state index contributed by atoms with van der Waals surface area (Å²) in [5.74, 6) is 4.05. The van der Waals surface area contributed by atoms with Gasteiger partial charge in [-0.3, -0.25) is 0 Å². The molecule has 0 radical (unpaired) electrons. The molecule has 1 atom stereocenters. The van der Waals surface area contributed by atoms with Gasteiger partial charge in [-0.05, 0) is 33.0 Å². The second-order valence-electron chi connectivity index (χ2n) is 10.6. The number of aryl methyl sites for hydroxylation is 1. The Morgan fingerprint density at radius 3 is 2.73 bits per heavy atom. The second kappa shape index (κ2) is 11.9. The maximum atomic E-state index is 6.51. The number of likely N-dealkylation sites (N-methyl/N-ethyl adjacent to an activating group) is 1. The fraction of sp³-hybridized carbons (Fsp3) is 0.464. The van der Waals surface area contributed by atoms with Gasteiger partial charge in [-0.15, -0.1) is 0 Å². The van der Waals surface area contributed by atoms with Crippen LogP contribution in [0.2, 0.25) is 0 Å². The molecule has 4 aromatic rings. The van der Waals surface area contributed by atoms with E-state index in [-0.39, 0.29) is 6.10 Å². The number of ether oxygens (including phenoxy) is 3. The van der Waals surface area contributed by atoms with Gasteiger partial charge in [0.1, 0.15) is 22.9 Å². The number of nitrogens with zero attached hydrogens (tertiary/aromatic N) is 8. The summed E-state index contributed by atoms with van der Waals surface area (Å²) in [6.45, 7) is 8.82. The average molecular weight is 548 g/mol. The van der Waals surface area contributed by atoms with Crippen molar-refractivity contribution in [1.82, 2.24) is 39.4 Å². The van der Waals surface area contributed by atoms with Gasteiger partial charge in [-0.2, -0.15) is 10.2 Å². The van der Waals surface area contributed by atoms with Gasteiger partial charge in [0.05, 0.1) is 43.8 Å². The van der Waals surface area contributed by atoms with E-state index in [0.29, 0.717) is 67.1 Å². The molecule has 0 amide bonds. The summed E-state index contributed by atoms with van der Waals surface area (Å²) in [6, 6.07) is 3.68. The highest BCUT2D eigenvalue weighted by Crippen LogP contribution is 2.39. The number of aromatic nitrogens is 7. The van der Waals surface area contributed by atoms with Crippen LogP contribution in [0.1, 0.15) is 27.2 Å². The van der Waals surface area contributed by atoms with Crippen molar-refractivity contribution in [2.75, 3.05) is 39.2 Å². The Labute approximate surface area is 234 Å². The molecule has 0 fully saturated rings. The van der Waals surface area contributed by atoms with Crippen LogP contribution in [-0.4, -0.2) is 79.4 Å². The number of hydrogen-bond acceptors (Lipinski definition) is 10. The smallest absolute Gasteiger partial charge is 0.222 e. The minimum Gasteiger partial charge on any atom is -0.490 e. The summed E-state index contributed by atoms with van der Waals surface area (Å²) >= 11 is 0. The summed E-state index contributed by atoms with van der Waals surface area (Å²) in [7, 11) is 5.92. The summed E-state index contributed by atoms with van der Waals surface area (Å²) < 4.78 is 22.5. The van der Waals surface area contributed by atoms with Crippen molar-refractivity contribution in [3.8, 4) is 40.0 Å². The number of pyridine rings is 1. The molecule has 212 valence electrons. The molecule has 5 heterocycles. The normalized spacial score (nSPS) is 15.2. The van der Waals surface area contributed by atoms with E-state index in [1.807, 2.05) is 45.0 Å². The second-order valence-corrected chi connectivity index (χ2v) is 10.6. The van der Waals surface area contributed by atoms with Crippen LogP contribution in [-0.2, 0) is 13.6 Å². The van der Waals surface area contributed by atoms with Gasteiger partial charge in [-0.1, -0.05) is 13.8 Å². The topological polar surface area (TPSA) is 117 Å². The first-order chi connectivity index (χ1) is 19.3. The molecule has 12 nitrogen and oxygen atoms in total. The third-order valence-electron chi connectivity index (χ3n) is 6.39. The Bertz CT molecular complexity index is 1450. The van der Waals surface area contributed by atoms with Crippen molar-refractivity contribution >= 4 is 11.6 Å². The SMILES string of the molecule is CC(C)COc1c(-c2cnc3cc2O[C@@H](C)CCOc2c(cnn2C)-c2nccc(n2)N3)cnn1CCN(C)C. The maximum Gasteiger partial charge on any atom is 0.222 e. The Morgan fingerprint density at radius 2 is 1.93 bits per heavy atom. The molecule has 0 saturated heterocycles. The fourth-order valence-electron chi connectivity index (χ4n) is 4.25. The molecule has 1 aliphatic heterocycles. The average Bonchev–Trinajstić information content (AvgIpc) is 3.49. The minimum absolute atomic E-state index is 0.147. The van der Waals surface area contributed by atoms with Gasteiger partial charge in [-0.25, -0.2) is 24.3 Å². The zero-order valence-electron chi connectivity index (χ0n) is 24.0. The quantitative estimate of drug-likeness (QED) is 0.363. The van der Waals surface area contributed by atoms with Crippen LogP contribution in [0.4, 0.5) is 11.6 Å². The molecule has 40 heavy (non-hydrogen) atoms. The standard InChI is InChI=1S/C28H37N9O3/c1-18(2)17-39-28-21(15-32-37(28)11-10-35(4)5)20-14-30-25-13-23(20)40-19(3)8-12-38-27-22(16-31-36(27)6)26-29-9-7-24(33-25)34-26/h7,9,13-16,18-19H,8,10-12,17H2,1-6H3,(H,29,30,33,34)/t19-/m0/s1. The third kappa shape index (κ3) is 6.17. The third-order valence-corrected chi connectivity index (χ3v) is 6.39. The van der Waals surface area contributed by atoms with E-state index in [9.17, 15) is 0 Å². The number of rotatable bonds is 7.